The van der Waals surface area contributed by atoms with Crippen LogP contribution in [-0.4, -0.2) is 5.43 Å². The highest BCUT2D eigenvalue weighted by molar-refractivity contribution is 9.09. The summed E-state index contributed by atoms with van der Waals surface area (Å²) in [6.07, 6.45) is 0.496. The van der Waals surface area contributed by atoms with E-state index < -0.39 is 9.94 Å². The molecule has 2 aromatic carbocycles. The molecule has 4 heteroatoms. The standard InChI is InChI=1S/C15H12BrClO2/c16-15(19-14(17)18,13-9-5-2-6-10-13)11-12-7-3-1-4-8-12/h1-10H,11H2. The lowest BCUT2D eigenvalue weighted by Gasteiger charge is -2.27. The summed E-state index contributed by atoms with van der Waals surface area (Å²) >= 11 is 8.89. The van der Waals surface area contributed by atoms with E-state index in [0.29, 0.717) is 6.42 Å². The van der Waals surface area contributed by atoms with E-state index in [9.17, 15) is 4.79 Å². The second-order valence-corrected chi connectivity index (χ2v) is 5.69. The minimum absolute atomic E-state index is 0.496. The van der Waals surface area contributed by atoms with E-state index in [2.05, 4.69) is 15.9 Å². The second-order valence-electron chi connectivity index (χ2n) is 4.10. The first-order valence-electron chi connectivity index (χ1n) is 5.77. The molecule has 0 amide bonds. The summed E-state index contributed by atoms with van der Waals surface area (Å²) in [6.45, 7) is 0. The van der Waals surface area contributed by atoms with Crippen LogP contribution in [-0.2, 0) is 15.7 Å². The Kier molecular flexibility index (Phi) is 4.61. The third kappa shape index (κ3) is 3.82. The largest absolute Gasteiger partial charge is 0.430 e. The van der Waals surface area contributed by atoms with Gasteiger partial charge in [-0.25, -0.2) is 4.79 Å². The van der Waals surface area contributed by atoms with E-state index >= 15 is 0 Å². The fourth-order valence-electron chi connectivity index (χ4n) is 1.87. The lowest BCUT2D eigenvalue weighted by Crippen LogP contribution is -2.26. The Morgan fingerprint density at radius 1 is 1.05 bits per heavy atom. The molecule has 19 heavy (non-hydrogen) atoms. The van der Waals surface area contributed by atoms with E-state index in [1.54, 1.807) is 0 Å². The van der Waals surface area contributed by atoms with Gasteiger partial charge in [-0.2, -0.15) is 0 Å². The van der Waals surface area contributed by atoms with Crippen LogP contribution in [0.1, 0.15) is 11.1 Å². The molecule has 0 fully saturated rings. The van der Waals surface area contributed by atoms with Crippen molar-refractivity contribution in [1.29, 1.82) is 0 Å². The zero-order chi connectivity index (χ0) is 13.7. The van der Waals surface area contributed by atoms with Crippen LogP contribution in [0.5, 0.6) is 0 Å². The van der Waals surface area contributed by atoms with Crippen LogP contribution in [0.4, 0.5) is 4.79 Å². The first-order valence-corrected chi connectivity index (χ1v) is 6.94. The van der Waals surface area contributed by atoms with Crippen molar-refractivity contribution in [1.82, 2.24) is 0 Å². The maximum Gasteiger partial charge on any atom is 0.405 e. The molecule has 0 N–H and O–H groups in total. The number of rotatable bonds is 4. The minimum atomic E-state index is -0.950. The lowest BCUT2D eigenvalue weighted by atomic mass is 10.0. The van der Waals surface area contributed by atoms with Crippen LogP contribution >= 0.6 is 27.5 Å². The minimum Gasteiger partial charge on any atom is -0.430 e. The molecule has 0 aliphatic rings. The van der Waals surface area contributed by atoms with Crippen molar-refractivity contribution in [2.24, 2.45) is 0 Å². The Bertz CT molecular complexity index is 545. The predicted molar refractivity (Wildman–Crippen MR) is 79.5 cm³/mol. The Hall–Kier alpha value is -1.32. The maximum atomic E-state index is 11.1. The van der Waals surface area contributed by atoms with Gasteiger partial charge in [-0.15, -0.1) is 0 Å². The van der Waals surface area contributed by atoms with Gasteiger partial charge in [-0.05, 0) is 21.5 Å². The normalized spacial score (nSPS) is 13.6. The summed E-state index contributed by atoms with van der Waals surface area (Å²) in [4.78, 5) is 11.1. The molecule has 2 aromatic rings. The monoisotopic (exact) mass is 338 g/mol. The first-order chi connectivity index (χ1) is 9.10. The van der Waals surface area contributed by atoms with Gasteiger partial charge in [0, 0.05) is 23.6 Å². The predicted octanol–water partition coefficient (Wildman–Crippen LogP) is 4.85. The number of benzene rings is 2. The number of halogens is 2. The fraction of sp³-hybridized carbons (Fsp3) is 0.133. The van der Waals surface area contributed by atoms with Crippen LogP contribution in [0, 0.1) is 0 Å². The number of carbonyl (C=O) groups is 1. The molecular formula is C15H12BrClO2. The van der Waals surface area contributed by atoms with Gasteiger partial charge in [-0.3, -0.25) is 0 Å². The van der Waals surface area contributed by atoms with Gasteiger partial charge in [0.15, 0.2) is 4.51 Å². The average Bonchev–Trinajstić information content (AvgIpc) is 2.40. The molecule has 2 rings (SSSR count). The van der Waals surface area contributed by atoms with Gasteiger partial charge in [-0.1, -0.05) is 60.7 Å². The molecule has 0 bridgehead atoms. The van der Waals surface area contributed by atoms with Gasteiger partial charge >= 0.3 is 5.43 Å². The number of hydrogen-bond acceptors (Lipinski definition) is 2. The molecule has 0 heterocycles. The van der Waals surface area contributed by atoms with Crippen molar-refractivity contribution >= 4 is 33.0 Å². The van der Waals surface area contributed by atoms with Gasteiger partial charge in [0.2, 0.25) is 0 Å². The van der Waals surface area contributed by atoms with E-state index in [0.717, 1.165) is 11.1 Å². The number of ether oxygens (including phenoxy) is 1. The van der Waals surface area contributed by atoms with Crippen LogP contribution in [0.15, 0.2) is 60.7 Å². The highest BCUT2D eigenvalue weighted by Gasteiger charge is 2.33. The number of hydrogen-bond donors (Lipinski definition) is 0. The van der Waals surface area contributed by atoms with E-state index in [1.165, 1.54) is 0 Å². The first kappa shape index (κ1) is 14.1. The molecule has 1 atom stereocenters. The average molecular weight is 340 g/mol. The summed E-state index contributed by atoms with van der Waals surface area (Å²) < 4.78 is 4.32. The van der Waals surface area contributed by atoms with Gasteiger partial charge in [0.05, 0.1) is 0 Å². The summed E-state index contributed by atoms with van der Waals surface area (Å²) in [5.41, 5.74) is 1.05. The molecule has 1 unspecified atom stereocenters. The molecule has 0 spiro atoms. The quantitative estimate of drug-likeness (QED) is 0.588. The van der Waals surface area contributed by atoms with Crippen molar-refractivity contribution < 1.29 is 9.53 Å². The zero-order valence-electron chi connectivity index (χ0n) is 10.1. The summed E-state index contributed by atoms with van der Waals surface area (Å²) in [7, 11) is 0. The molecule has 0 aliphatic heterocycles. The summed E-state index contributed by atoms with van der Waals surface area (Å²) in [5, 5.41) is 0. The second kappa shape index (κ2) is 6.22. The fourth-order valence-corrected chi connectivity index (χ4v) is 2.83. The Balaban J connectivity index is 2.32. The molecule has 0 aliphatic carbocycles. The lowest BCUT2D eigenvalue weighted by molar-refractivity contribution is 0.102. The molecule has 0 saturated heterocycles. The van der Waals surface area contributed by atoms with Crippen molar-refractivity contribution in [3.63, 3.8) is 0 Å². The van der Waals surface area contributed by atoms with Crippen molar-refractivity contribution in [2.45, 2.75) is 10.9 Å². The van der Waals surface area contributed by atoms with Crippen molar-refractivity contribution in [3.05, 3.63) is 71.8 Å². The highest BCUT2D eigenvalue weighted by Crippen LogP contribution is 2.37. The Morgan fingerprint density at radius 3 is 2.11 bits per heavy atom. The van der Waals surface area contributed by atoms with Gasteiger partial charge < -0.3 is 4.74 Å². The third-order valence-corrected chi connectivity index (χ3v) is 3.70. The smallest absolute Gasteiger partial charge is 0.405 e. The van der Waals surface area contributed by atoms with Crippen LogP contribution in [0.3, 0.4) is 0 Å². The molecular weight excluding hydrogens is 328 g/mol. The van der Waals surface area contributed by atoms with Crippen LogP contribution in [0.25, 0.3) is 0 Å². The van der Waals surface area contributed by atoms with E-state index in [-0.39, 0.29) is 0 Å². The summed E-state index contributed by atoms with van der Waals surface area (Å²) in [5.74, 6) is 0. The van der Waals surface area contributed by atoms with Gasteiger partial charge in [0.25, 0.3) is 0 Å². The molecule has 98 valence electrons. The summed E-state index contributed by atoms with van der Waals surface area (Å²) in [6, 6.07) is 19.2. The topological polar surface area (TPSA) is 26.3 Å². The molecule has 2 nitrogen and oxygen atoms in total. The highest BCUT2D eigenvalue weighted by atomic mass is 79.9. The molecule has 0 saturated carbocycles. The Labute approximate surface area is 125 Å². The van der Waals surface area contributed by atoms with Crippen LogP contribution < -0.4 is 0 Å². The Morgan fingerprint density at radius 2 is 1.58 bits per heavy atom. The molecule has 0 radical (unpaired) electrons. The zero-order valence-corrected chi connectivity index (χ0v) is 12.4. The SMILES string of the molecule is O=C(Cl)OC(Br)(Cc1ccccc1)c1ccccc1. The van der Waals surface area contributed by atoms with Crippen molar-refractivity contribution in [3.8, 4) is 0 Å². The molecule has 0 aromatic heterocycles. The van der Waals surface area contributed by atoms with E-state index in [4.69, 9.17) is 16.3 Å². The van der Waals surface area contributed by atoms with Gasteiger partial charge in [0.1, 0.15) is 0 Å². The van der Waals surface area contributed by atoms with Crippen LogP contribution in [0.2, 0.25) is 0 Å². The number of carbonyl (C=O) groups excluding carboxylic acids is 1. The van der Waals surface area contributed by atoms with E-state index in [1.807, 2.05) is 60.7 Å². The van der Waals surface area contributed by atoms with Crippen molar-refractivity contribution in [2.75, 3.05) is 0 Å². The maximum absolute atomic E-state index is 11.1. The third-order valence-electron chi connectivity index (χ3n) is 2.72. The number of alkyl halides is 1.